The lowest BCUT2D eigenvalue weighted by atomic mass is 9.78. The molecule has 2 aromatic carbocycles. The molecule has 41 heavy (non-hydrogen) atoms. The van der Waals surface area contributed by atoms with E-state index >= 15 is 0 Å². The summed E-state index contributed by atoms with van der Waals surface area (Å²) >= 11 is 6.16. The van der Waals surface area contributed by atoms with E-state index < -0.39 is 6.36 Å². The Morgan fingerprint density at radius 2 is 1.66 bits per heavy atom. The summed E-state index contributed by atoms with van der Waals surface area (Å²) in [7, 11) is 0. The molecule has 4 aromatic rings. The van der Waals surface area contributed by atoms with Gasteiger partial charge in [0, 0.05) is 55.7 Å². The fraction of sp³-hybridized carbons (Fsp3) is 0.333. The van der Waals surface area contributed by atoms with Crippen LogP contribution in [0.5, 0.6) is 5.75 Å². The minimum Gasteiger partial charge on any atom is -0.406 e. The largest absolute Gasteiger partial charge is 0.573 e. The van der Waals surface area contributed by atoms with Gasteiger partial charge in [-0.25, -0.2) is 4.98 Å². The van der Waals surface area contributed by atoms with Crippen molar-refractivity contribution in [1.29, 1.82) is 0 Å². The molecule has 1 amide bonds. The summed E-state index contributed by atoms with van der Waals surface area (Å²) < 4.78 is 43.0. The van der Waals surface area contributed by atoms with Crippen LogP contribution in [0.3, 0.4) is 0 Å². The molecule has 2 aromatic heterocycles. The number of hydrogen-bond acceptors (Lipinski definition) is 5. The van der Waals surface area contributed by atoms with E-state index in [1.165, 1.54) is 12.1 Å². The van der Waals surface area contributed by atoms with Crippen molar-refractivity contribution in [2.45, 2.75) is 32.7 Å². The molecule has 2 aliphatic heterocycles. The van der Waals surface area contributed by atoms with Crippen molar-refractivity contribution in [1.82, 2.24) is 14.7 Å². The van der Waals surface area contributed by atoms with Gasteiger partial charge in [0.1, 0.15) is 17.1 Å². The number of nitrogens with one attached hydrogen (secondary N) is 1. The van der Waals surface area contributed by atoms with Crippen LogP contribution in [0.25, 0.3) is 5.65 Å². The number of carbonyl (C=O) groups is 1. The molecule has 0 radical (unpaired) electrons. The van der Waals surface area contributed by atoms with Gasteiger partial charge in [0.25, 0.3) is 5.91 Å². The predicted octanol–water partition coefficient (Wildman–Crippen LogP) is 6.10. The van der Waals surface area contributed by atoms with Crippen molar-refractivity contribution in [2.24, 2.45) is 5.41 Å². The predicted molar refractivity (Wildman–Crippen MR) is 152 cm³/mol. The molecule has 2 fully saturated rings. The van der Waals surface area contributed by atoms with Gasteiger partial charge in [-0.05, 0) is 66.9 Å². The van der Waals surface area contributed by atoms with Gasteiger partial charge in [0.15, 0.2) is 0 Å². The average Bonchev–Trinajstić information content (AvgIpc) is 3.53. The Hall–Kier alpha value is -3.92. The molecule has 6 rings (SSSR count). The van der Waals surface area contributed by atoms with Crippen molar-refractivity contribution >= 4 is 34.5 Å². The Balaban J connectivity index is 1.03. The first-order chi connectivity index (χ1) is 19.6. The molecule has 214 valence electrons. The molecule has 2 saturated heterocycles. The van der Waals surface area contributed by atoms with Crippen molar-refractivity contribution in [3.05, 3.63) is 88.8 Å². The number of alkyl halides is 3. The van der Waals surface area contributed by atoms with E-state index in [0.29, 0.717) is 29.3 Å². The van der Waals surface area contributed by atoms with Crippen molar-refractivity contribution < 1.29 is 22.7 Å². The maximum Gasteiger partial charge on any atom is 0.573 e. The van der Waals surface area contributed by atoms with Crippen LogP contribution in [0, 0.1) is 5.41 Å². The molecule has 7 nitrogen and oxygen atoms in total. The van der Waals surface area contributed by atoms with Crippen LogP contribution >= 0.6 is 11.6 Å². The van der Waals surface area contributed by atoms with E-state index in [-0.39, 0.29) is 17.1 Å². The van der Waals surface area contributed by atoms with E-state index in [4.69, 9.17) is 11.6 Å². The standard InChI is InChI=1S/C30H29ClF3N5O2/c1-2-25-27(39-16-21(31)5-12-26(39)36-25)28(40)35-15-20-3-6-22(7-4-20)37-14-13-29(17-37)18-38(19-29)23-8-10-24(11-9-23)41-30(32,33)34/h3-12,16H,2,13-15,17-19H2,1H3,(H,35,40). The molecule has 0 saturated carbocycles. The van der Waals surface area contributed by atoms with E-state index in [2.05, 4.69) is 37.0 Å². The van der Waals surface area contributed by atoms with Gasteiger partial charge in [-0.3, -0.25) is 9.20 Å². The number of rotatable bonds is 7. The molecule has 0 unspecified atom stereocenters. The van der Waals surface area contributed by atoms with Gasteiger partial charge in [-0.15, -0.1) is 13.2 Å². The highest BCUT2D eigenvalue weighted by atomic mass is 35.5. The number of nitrogens with zero attached hydrogens (tertiary/aromatic N) is 4. The maximum absolute atomic E-state index is 13.1. The highest BCUT2D eigenvalue weighted by molar-refractivity contribution is 6.30. The highest BCUT2D eigenvalue weighted by Crippen LogP contribution is 2.43. The number of ether oxygens (including phenoxy) is 1. The summed E-state index contributed by atoms with van der Waals surface area (Å²) in [6, 6.07) is 17.9. The molecule has 0 aliphatic carbocycles. The Kier molecular flexibility index (Phi) is 6.97. The number of carbonyl (C=O) groups excluding carboxylic acids is 1. The molecule has 11 heteroatoms. The first-order valence-corrected chi connectivity index (χ1v) is 13.9. The van der Waals surface area contributed by atoms with Crippen molar-refractivity contribution in [3.8, 4) is 5.75 Å². The lowest BCUT2D eigenvalue weighted by molar-refractivity contribution is -0.274. The van der Waals surface area contributed by atoms with Crippen LogP contribution in [0.1, 0.15) is 35.1 Å². The minimum atomic E-state index is -4.69. The van der Waals surface area contributed by atoms with Gasteiger partial charge in [0.2, 0.25) is 0 Å². The zero-order valence-corrected chi connectivity index (χ0v) is 23.2. The number of fused-ring (bicyclic) bond motifs is 1. The fourth-order valence-corrected chi connectivity index (χ4v) is 6.02. The first kappa shape index (κ1) is 27.3. The third-order valence-electron chi connectivity index (χ3n) is 7.89. The first-order valence-electron chi connectivity index (χ1n) is 13.5. The average molecular weight is 584 g/mol. The summed E-state index contributed by atoms with van der Waals surface area (Å²) in [6.45, 7) is 5.95. The van der Waals surface area contributed by atoms with Gasteiger partial charge in [-0.1, -0.05) is 30.7 Å². The van der Waals surface area contributed by atoms with E-state index in [1.807, 2.05) is 19.1 Å². The van der Waals surface area contributed by atoms with E-state index in [0.717, 1.165) is 55.2 Å². The Morgan fingerprint density at radius 1 is 1.00 bits per heavy atom. The molecular weight excluding hydrogens is 555 g/mol. The number of amides is 1. The Labute approximate surface area is 240 Å². The molecule has 0 atom stereocenters. The molecule has 1 N–H and O–H groups in total. The van der Waals surface area contributed by atoms with Gasteiger partial charge >= 0.3 is 6.36 Å². The maximum atomic E-state index is 13.1. The van der Waals surface area contributed by atoms with E-state index in [1.54, 1.807) is 34.9 Å². The van der Waals surface area contributed by atoms with Crippen molar-refractivity contribution in [2.75, 3.05) is 36.0 Å². The van der Waals surface area contributed by atoms with E-state index in [9.17, 15) is 18.0 Å². The molecule has 0 bridgehead atoms. The monoisotopic (exact) mass is 583 g/mol. The normalized spacial score (nSPS) is 16.3. The smallest absolute Gasteiger partial charge is 0.406 e. The number of aromatic nitrogens is 2. The summed E-state index contributed by atoms with van der Waals surface area (Å²) in [6.07, 6.45) is -1.29. The van der Waals surface area contributed by atoms with Crippen LogP contribution < -0.4 is 19.9 Å². The van der Waals surface area contributed by atoms with Gasteiger partial charge < -0.3 is 19.9 Å². The third kappa shape index (κ3) is 5.66. The molecule has 2 aliphatic rings. The van der Waals surface area contributed by atoms with Gasteiger partial charge in [-0.2, -0.15) is 0 Å². The molecular formula is C30H29ClF3N5O2. The van der Waals surface area contributed by atoms with Crippen LogP contribution in [0.15, 0.2) is 66.9 Å². The van der Waals surface area contributed by atoms with Crippen LogP contribution in [-0.2, 0) is 13.0 Å². The lowest BCUT2D eigenvalue weighted by Crippen LogP contribution is -2.57. The second-order valence-electron chi connectivity index (χ2n) is 10.8. The van der Waals surface area contributed by atoms with Crippen LogP contribution in [0.4, 0.5) is 24.5 Å². The van der Waals surface area contributed by atoms with Gasteiger partial charge in [0.05, 0.1) is 10.7 Å². The summed E-state index contributed by atoms with van der Waals surface area (Å²) in [4.78, 5) is 22.2. The Morgan fingerprint density at radius 3 is 2.34 bits per heavy atom. The minimum absolute atomic E-state index is 0.168. The lowest BCUT2D eigenvalue weighted by Gasteiger charge is -2.49. The zero-order valence-electron chi connectivity index (χ0n) is 22.4. The Bertz CT molecular complexity index is 1560. The third-order valence-corrected chi connectivity index (χ3v) is 8.11. The fourth-order valence-electron chi connectivity index (χ4n) is 5.86. The summed E-state index contributed by atoms with van der Waals surface area (Å²) in [5.41, 5.74) is 5.11. The van der Waals surface area contributed by atoms with Crippen LogP contribution in [0.2, 0.25) is 5.02 Å². The SMILES string of the molecule is CCc1nc2ccc(Cl)cn2c1C(=O)NCc1ccc(N2CCC3(C2)CN(c2ccc(OC(F)(F)F)cc2)C3)cc1. The zero-order chi connectivity index (χ0) is 28.8. The topological polar surface area (TPSA) is 62.1 Å². The number of imidazole rings is 1. The number of hydrogen-bond donors (Lipinski definition) is 1. The quantitative estimate of drug-likeness (QED) is 0.285. The molecule has 4 heterocycles. The number of aryl methyl sites for hydroxylation is 1. The number of pyridine rings is 1. The molecule has 1 spiro atoms. The number of halogens is 4. The number of anilines is 2. The second-order valence-corrected chi connectivity index (χ2v) is 11.2. The highest BCUT2D eigenvalue weighted by Gasteiger charge is 2.47. The number of benzene rings is 2. The van der Waals surface area contributed by atoms with Crippen molar-refractivity contribution in [3.63, 3.8) is 0 Å². The summed E-state index contributed by atoms with van der Waals surface area (Å²) in [5, 5.41) is 3.55. The van der Waals surface area contributed by atoms with Crippen LogP contribution in [-0.4, -0.2) is 47.8 Å². The second kappa shape index (κ2) is 10.5. The summed E-state index contributed by atoms with van der Waals surface area (Å²) in [5.74, 6) is -0.406.